The van der Waals surface area contributed by atoms with Gasteiger partial charge in [0.1, 0.15) is 0 Å². The molecule has 0 radical (unpaired) electrons. The van der Waals surface area contributed by atoms with Crippen molar-refractivity contribution in [1.29, 1.82) is 0 Å². The molecule has 1 atom stereocenters. The number of hydrogen-bond donors (Lipinski definition) is 1. The van der Waals surface area contributed by atoms with Crippen LogP contribution in [0.3, 0.4) is 0 Å². The van der Waals surface area contributed by atoms with Gasteiger partial charge in [0.2, 0.25) is 0 Å². The number of nitrogens with zero attached hydrogens (tertiary/aromatic N) is 1. The fraction of sp³-hybridized carbons (Fsp3) is 0.647. The van der Waals surface area contributed by atoms with Gasteiger partial charge in [-0.2, -0.15) is 0 Å². The van der Waals surface area contributed by atoms with Crippen molar-refractivity contribution in [2.24, 2.45) is 5.92 Å². The Morgan fingerprint density at radius 2 is 2.10 bits per heavy atom. The predicted molar refractivity (Wildman–Crippen MR) is 88.8 cm³/mol. The van der Waals surface area contributed by atoms with Crippen molar-refractivity contribution in [2.45, 2.75) is 46.1 Å². The number of nitrogens with one attached hydrogen (secondary N) is 1. The van der Waals surface area contributed by atoms with E-state index >= 15 is 0 Å². The van der Waals surface area contributed by atoms with Crippen LogP contribution in [0.5, 0.6) is 0 Å². The average molecular weight is 295 g/mol. The van der Waals surface area contributed by atoms with E-state index in [0.29, 0.717) is 6.04 Å². The molecule has 2 nitrogen and oxygen atoms in total. The van der Waals surface area contributed by atoms with Crippen molar-refractivity contribution in [2.75, 3.05) is 24.5 Å². The molecule has 2 rings (SSSR count). The van der Waals surface area contributed by atoms with Crippen LogP contribution in [-0.4, -0.2) is 19.6 Å². The number of benzene rings is 1. The summed E-state index contributed by atoms with van der Waals surface area (Å²) in [5, 5.41) is 4.32. The van der Waals surface area contributed by atoms with Gasteiger partial charge in [-0.25, -0.2) is 0 Å². The predicted octanol–water partition coefficient (Wildman–Crippen LogP) is 4.64. The van der Waals surface area contributed by atoms with Gasteiger partial charge < -0.3 is 10.2 Å². The lowest BCUT2D eigenvalue weighted by atomic mass is 10.1. The number of rotatable bonds is 8. The van der Waals surface area contributed by atoms with Crippen LogP contribution in [0.2, 0.25) is 5.02 Å². The summed E-state index contributed by atoms with van der Waals surface area (Å²) in [7, 11) is 0. The van der Waals surface area contributed by atoms with E-state index in [0.717, 1.165) is 30.6 Å². The van der Waals surface area contributed by atoms with Crippen molar-refractivity contribution in [3.8, 4) is 0 Å². The van der Waals surface area contributed by atoms with Crippen LogP contribution in [0, 0.1) is 5.92 Å². The molecule has 1 aromatic carbocycles. The summed E-state index contributed by atoms with van der Waals surface area (Å²) in [6.45, 7) is 9.78. The topological polar surface area (TPSA) is 15.3 Å². The first kappa shape index (κ1) is 15.7. The molecule has 0 heterocycles. The first-order valence-electron chi connectivity index (χ1n) is 7.93. The minimum absolute atomic E-state index is 0.356. The second kappa shape index (κ2) is 7.33. The maximum absolute atomic E-state index is 6.54. The lowest BCUT2D eigenvalue weighted by Gasteiger charge is -2.26. The van der Waals surface area contributed by atoms with E-state index in [9.17, 15) is 0 Å². The van der Waals surface area contributed by atoms with E-state index in [-0.39, 0.29) is 0 Å². The molecule has 0 bridgehead atoms. The lowest BCUT2D eigenvalue weighted by Crippen LogP contribution is -2.27. The van der Waals surface area contributed by atoms with Crippen molar-refractivity contribution in [1.82, 2.24) is 5.32 Å². The van der Waals surface area contributed by atoms with E-state index < -0.39 is 0 Å². The molecule has 1 aliphatic carbocycles. The standard InChI is InChI=1S/C17H27ClN2/c1-4-10-20(12-14-6-7-14)17-9-8-15(11-16(17)18)13(3)19-5-2/h8-9,11,13-14,19H,4-7,10,12H2,1-3H3. The Bertz CT molecular complexity index is 429. The number of hydrogen-bond acceptors (Lipinski definition) is 2. The smallest absolute Gasteiger partial charge is 0.0642 e. The maximum Gasteiger partial charge on any atom is 0.0642 e. The van der Waals surface area contributed by atoms with Crippen LogP contribution in [-0.2, 0) is 0 Å². The van der Waals surface area contributed by atoms with Crippen LogP contribution in [0.4, 0.5) is 5.69 Å². The van der Waals surface area contributed by atoms with Gasteiger partial charge in [0.05, 0.1) is 10.7 Å². The Morgan fingerprint density at radius 3 is 2.65 bits per heavy atom. The van der Waals surface area contributed by atoms with Gasteiger partial charge in [0.15, 0.2) is 0 Å². The summed E-state index contributed by atoms with van der Waals surface area (Å²) in [6.07, 6.45) is 3.93. The van der Waals surface area contributed by atoms with Crippen LogP contribution < -0.4 is 10.2 Å². The van der Waals surface area contributed by atoms with Crippen LogP contribution in [0.1, 0.15) is 51.6 Å². The summed E-state index contributed by atoms with van der Waals surface area (Å²) >= 11 is 6.54. The zero-order chi connectivity index (χ0) is 14.5. The quantitative estimate of drug-likeness (QED) is 0.751. The fourth-order valence-electron chi connectivity index (χ4n) is 2.67. The molecular formula is C17H27ClN2. The van der Waals surface area contributed by atoms with Gasteiger partial charge in [-0.3, -0.25) is 0 Å². The molecule has 0 aliphatic heterocycles. The van der Waals surface area contributed by atoms with E-state index in [1.54, 1.807) is 0 Å². The minimum atomic E-state index is 0.356. The minimum Gasteiger partial charge on any atom is -0.370 e. The molecule has 112 valence electrons. The normalized spacial score (nSPS) is 16.2. The van der Waals surface area contributed by atoms with Crippen LogP contribution >= 0.6 is 11.6 Å². The molecule has 3 heteroatoms. The highest BCUT2D eigenvalue weighted by molar-refractivity contribution is 6.33. The SMILES string of the molecule is CCCN(CC1CC1)c1ccc(C(C)NCC)cc1Cl. The number of halogens is 1. The molecule has 0 spiro atoms. The van der Waals surface area contributed by atoms with Gasteiger partial charge >= 0.3 is 0 Å². The summed E-state index contributed by atoms with van der Waals surface area (Å²) < 4.78 is 0. The van der Waals surface area contributed by atoms with Gasteiger partial charge in [0.25, 0.3) is 0 Å². The second-order valence-electron chi connectivity index (χ2n) is 5.88. The Balaban J connectivity index is 2.13. The van der Waals surface area contributed by atoms with Gasteiger partial charge in [-0.05, 0) is 56.3 Å². The highest BCUT2D eigenvalue weighted by Crippen LogP contribution is 2.34. The largest absolute Gasteiger partial charge is 0.370 e. The molecule has 1 fully saturated rings. The fourth-order valence-corrected chi connectivity index (χ4v) is 2.97. The Kier molecular flexibility index (Phi) is 5.74. The molecule has 1 N–H and O–H groups in total. The molecule has 1 aromatic rings. The van der Waals surface area contributed by atoms with Gasteiger partial charge in [0, 0.05) is 19.1 Å². The van der Waals surface area contributed by atoms with Gasteiger partial charge in [-0.1, -0.05) is 31.5 Å². The zero-order valence-electron chi connectivity index (χ0n) is 13.0. The Labute approximate surface area is 128 Å². The first-order chi connectivity index (χ1) is 9.65. The van der Waals surface area contributed by atoms with E-state index in [4.69, 9.17) is 11.6 Å². The van der Waals surface area contributed by atoms with E-state index in [2.05, 4.69) is 49.2 Å². The summed E-state index contributed by atoms with van der Waals surface area (Å²) in [5.41, 5.74) is 2.47. The molecule has 0 amide bonds. The molecular weight excluding hydrogens is 268 g/mol. The zero-order valence-corrected chi connectivity index (χ0v) is 13.7. The Hall–Kier alpha value is -0.730. The van der Waals surface area contributed by atoms with Crippen LogP contribution in [0.15, 0.2) is 18.2 Å². The maximum atomic E-state index is 6.54. The second-order valence-corrected chi connectivity index (χ2v) is 6.29. The first-order valence-corrected chi connectivity index (χ1v) is 8.31. The molecule has 1 unspecified atom stereocenters. The molecule has 1 saturated carbocycles. The third kappa shape index (κ3) is 4.13. The number of anilines is 1. The van der Waals surface area contributed by atoms with Gasteiger partial charge in [-0.15, -0.1) is 0 Å². The van der Waals surface area contributed by atoms with E-state index in [1.165, 1.54) is 30.5 Å². The van der Waals surface area contributed by atoms with Crippen molar-refractivity contribution in [3.63, 3.8) is 0 Å². The van der Waals surface area contributed by atoms with Crippen molar-refractivity contribution >= 4 is 17.3 Å². The summed E-state index contributed by atoms with van der Waals surface area (Å²) in [6, 6.07) is 6.89. The third-order valence-electron chi connectivity index (χ3n) is 3.99. The summed E-state index contributed by atoms with van der Waals surface area (Å²) in [5.74, 6) is 0.887. The van der Waals surface area contributed by atoms with Crippen LogP contribution in [0.25, 0.3) is 0 Å². The van der Waals surface area contributed by atoms with Crippen molar-refractivity contribution in [3.05, 3.63) is 28.8 Å². The summed E-state index contributed by atoms with van der Waals surface area (Å²) in [4.78, 5) is 2.46. The molecule has 0 saturated heterocycles. The lowest BCUT2D eigenvalue weighted by molar-refractivity contribution is 0.598. The third-order valence-corrected chi connectivity index (χ3v) is 4.29. The molecule has 20 heavy (non-hydrogen) atoms. The Morgan fingerprint density at radius 1 is 1.35 bits per heavy atom. The van der Waals surface area contributed by atoms with Crippen molar-refractivity contribution < 1.29 is 0 Å². The molecule has 0 aromatic heterocycles. The monoisotopic (exact) mass is 294 g/mol. The average Bonchev–Trinajstić information content (AvgIpc) is 3.22. The highest BCUT2D eigenvalue weighted by atomic mass is 35.5. The highest BCUT2D eigenvalue weighted by Gasteiger charge is 2.25. The van der Waals surface area contributed by atoms with E-state index in [1.807, 2.05) is 0 Å². The molecule has 1 aliphatic rings.